The standard InChI is InChI=1S/C23H31N3O7S/c1-5-26(6-2)34(30,31)19-11-7-9-17(13-19)22(28)25-21(16(3)4)23(29)33-15-20(27)24-14-18-10-8-12-32-18/h7-13,16,21H,5-6,14-15H2,1-4H3,(H,24,27)(H,25,28)/t21-/m0/s1. The highest BCUT2D eigenvalue weighted by Gasteiger charge is 2.28. The summed E-state index contributed by atoms with van der Waals surface area (Å²) in [6.07, 6.45) is 1.48. The summed E-state index contributed by atoms with van der Waals surface area (Å²) in [4.78, 5) is 37.3. The van der Waals surface area contributed by atoms with Gasteiger partial charge in [0.2, 0.25) is 10.0 Å². The van der Waals surface area contributed by atoms with E-state index in [2.05, 4.69) is 10.6 Å². The number of carbonyl (C=O) groups excluding carboxylic acids is 3. The molecule has 1 aromatic carbocycles. The molecule has 0 aliphatic rings. The lowest BCUT2D eigenvalue weighted by Gasteiger charge is -2.21. The SMILES string of the molecule is CCN(CC)S(=O)(=O)c1cccc(C(=O)N[C@H](C(=O)OCC(=O)NCc2ccco2)C(C)C)c1. The monoisotopic (exact) mass is 493 g/mol. The zero-order valence-corrected chi connectivity index (χ0v) is 20.6. The van der Waals surface area contributed by atoms with Gasteiger partial charge in [-0.2, -0.15) is 4.31 Å². The topological polar surface area (TPSA) is 135 Å². The molecule has 0 aliphatic carbocycles. The highest BCUT2D eigenvalue weighted by atomic mass is 32.2. The minimum absolute atomic E-state index is 0.0132. The molecule has 0 bridgehead atoms. The summed E-state index contributed by atoms with van der Waals surface area (Å²) in [5.74, 6) is -1.71. The van der Waals surface area contributed by atoms with Crippen molar-refractivity contribution in [3.63, 3.8) is 0 Å². The van der Waals surface area contributed by atoms with Crippen molar-refractivity contribution in [2.24, 2.45) is 5.92 Å². The number of rotatable bonds is 12. The number of sulfonamides is 1. The Bertz CT molecular complexity index is 1080. The molecule has 0 saturated heterocycles. The van der Waals surface area contributed by atoms with Gasteiger partial charge in [0.05, 0.1) is 17.7 Å². The number of amides is 2. The molecule has 1 aromatic heterocycles. The maximum absolute atomic E-state index is 12.8. The summed E-state index contributed by atoms with van der Waals surface area (Å²) < 4.78 is 37.0. The van der Waals surface area contributed by atoms with Crippen LogP contribution >= 0.6 is 0 Å². The fraction of sp³-hybridized carbons (Fsp3) is 0.435. The van der Waals surface area contributed by atoms with E-state index in [4.69, 9.17) is 9.15 Å². The van der Waals surface area contributed by atoms with Gasteiger partial charge in [0.15, 0.2) is 6.61 Å². The van der Waals surface area contributed by atoms with Gasteiger partial charge in [-0.3, -0.25) is 9.59 Å². The summed E-state index contributed by atoms with van der Waals surface area (Å²) in [7, 11) is -3.75. The van der Waals surface area contributed by atoms with Crippen molar-refractivity contribution in [3.8, 4) is 0 Å². The van der Waals surface area contributed by atoms with Crippen LogP contribution in [0.3, 0.4) is 0 Å². The Morgan fingerprint density at radius 1 is 1.09 bits per heavy atom. The molecule has 11 heteroatoms. The Morgan fingerprint density at radius 3 is 2.38 bits per heavy atom. The molecule has 0 saturated carbocycles. The van der Waals surface area contributed by atoms with Crippen LogP contribution in [-0.2, 0) is 30.9 Å². The lowest BCUT2D eigenvalue weighted by Crippen LogP contribution is -2.46. The first-order chi connectivity index (χ1) is 16.1. The first-order valence-corrected chi connectivity index (χ1v) is 12.4. The third-order valence-corrected chi connectivity index (χ3v) is 7.08. The highest BCUT2D eigenvalue weighted by molar-refractivity contribution is 7.89. The van der Waals surface area contributed by atoms with Crippen molar-refractivity contribution < 1.29 is 32.0 Å². The molecule has 0 fully saturated rings. The van der Waals surface area contributed by atoms with Crippen LogP contribution in [0.25, 0.3) is 0 Å². The quantitative estimate of drug-likeness (QED) is 0.431. The molecule has 2 N–H and O–H groups in total. The fourth-order valence-electron chi connectivity index (χ4n) is 3.11. The van der Waals surface area contributed by atoms with E-state index in [1.807, 2.05) is 0 Å². The van der Waals surface area contributed by atoms with Gasteiger partial charge in [0, 0.05) is 18.7 Å². The van der Waals surface area contributed by atoms with Gasteiger partial charge >= 0.3 is 5.97 Å². The van der Waals surface area contributed by atoms with E-state index in [1.54, 1.807) is 39.8 Å². The van der Waals surface area contributed by atoms with E-state index in [9.17, 15) is 22.8 Å². The number of esters is 1. The summed E-state index contributed by atoms with van der Waals surface area (Å²) in [5, 5.41) is 5.13. The molecule has 1 heterocycles. The second-order valence-electron chi connectivity index (χ2n) is 7.78. The van der Waals surface area contributed by atoms with Crippen molar-refractivity contribution in [1.29, 1.82) is 0 Å². The molecule has 0 radical (unpaired) electrons. The number of hydrogen-bond acceptors (Lipinski definition) is 7. The normalized spacial score (nSPS) is 12.4. The molecule has 10 nitrogen and oxygen atoms in total. The van der Waals surface area contributed by atoms with Crippen molar-refractivity contribution >= 4 is 27.8 Å². The van der Waals surface area contributed by atoms with Crippen LogP contribution in [0.1, 0.15) is 43.8 Å². The third kappa shape index (κ3) is 7.16. The van der Waals surface area contributed by atoms with Crippen LogP contribution in [-0.4, -0.2) is 56.2 Å². The van der Waals surface area contributed by atoms with E-state index >= 15 is 0 Å². The second kappa shape index (κ2) is 12.3. The van der Waals surface area contributed by atoms with Gasteiger partial charge in [-0.05, 0) is 36.2 Å². The second-order valence-corrected chi connectivity index (χ2v) is 9.71. The number of hydrogen-bond donors (Lipinski definition) is 2. The van der Waals surface area contributed by atoms with E-state index < -0.39 is 40.5 Å². The third-order valence-electron chi connectivity index (χ3n) is 5.03. The van der Waals surface area contributed by atoms with Crippen LogP contribution in [0, 0.1) is 5.92 Å². The van der Waals surface area contributed by atoms with E-state index in [0.717, 1.165) is 0 Å². The number of nitrogens with zero attached hydrogens (tertiary/aromatic N) is 1. The summed E-state index contributed by atoms with van der Waals surface area (Å²) in [6.45, 7) is 7.12. The molecule has 34 heavy (non-hydrogen) atoms. The molecule has 2 rings (SSSR count). The number of furan rings is 1. The van der Waals surface area contributed by atoms with Crippen molar-refractivity contribution in [2.75, 3.05) is 19.7 Å². The molecule has 1 atom stereocenters. The summed E-state index contributed by atoms with van der Waals surface area (Å²) in [6, 6.07) is 7.96. The van der Waals surface area contributed by atoms with Gasteiger partial charge in [-0.25, -0.2) is 13.2 Å². The van der Waals surface area contributed by atoms with Gasteiger partial charge in [-0.1, -0.05) is 33.8 Å². The maximum Gasteiger partial charge on any atom is 0.329 e. The van der Waals surface area contributed by atoms with Gasteiger partial charge in [-0.15, -0.1) is 0 Å². The fourth-order valence-corrected chi connectivity index (χ4v) is 4.61. The van der Waals surface area contributed by atoms with E-state index in [0.29, 0.717) is 18.8 Å². The molecule has 2 amide bonds. The molecule has 0 unspecified atom stereocenters. The molecule has 2 aromatic rings. The smallest absolute Gasteiger partial charge is 0.329 e. The minimum atomic E-state index is -3.75. The Balaban J connectivity index is 2.02. The zero-order valence-electron chi connectivity index (χ0n) is 19.7. The van der Waals surface area contributed by atoms with E-state index in [-0.39, 0.29) is 22.9 Å². The maximum atomic E-state index is 12.8. The molecular weight excluding hydrogens is 462 g/mol. The van der Waals surface area contributed by atoms with Gasteiger partial charge < -0.3 is 19.8 Å². The first-order valence-electron chi connectivity index (χ1n) is 11.0. The van der Waals surface area contributed by atoms with Crippen LogP contribution in [0.4, 0.5) is 0 Å². The minimum Gasteiger partial charge on any atom is -0.467 e. The predicted octanol–water partition coefficient (Wildman–Crippen LogP) is 1.92. The lowest BCUT2D eigenvalue weighted by atomic mass is 10.0. The van der Waals surface area contributed by atoms with Crippen molar-refractivity contribution in [3.05, 3.63) is 54.0 Å². The number of ether oxygens (including phenoxy) is 1. The average molecular weight is 494 g/mol. The number of nitrogens with one attached hydrogen (secondary N) is 2. The lowest BCUT2D eigenvalue weighted by molar-refractivity contribution is -0.151. The van der Waals surface area contributed by atoms with Crippen LogP contribution in [0.15, 0.2) is 52.0 Å². The average Bonchev–Trinajstić information content (AvgIpc) is 3.33. The zero-order chi connectivity index (χ0) is 25.3. The van der Waals surface area contributed by atoms with Gasteiger partial charge in [0.25, 0.3) is 11.8 Å². The Kier molecular flexibility index (Phi) is 9.82. The van der Waals surface area contributed by atoms with Gasteiger partial charge in [0.1, 0.15) is 11.8 Å². The molecule has 0 aliphatic heterocycles. The van der Waals surface area contributed by atoms with Crippen LogP contribution < -0.4 is 10.6 Å². The molecular formula is C23H31N3O7S. The predicted molar refractivity (Wildman–Crippen MR) is 124 cm³/mol. The Hall–Kier alpha value is -3.18. The van der Waals surface area contributed by atoms with Crippen LogP contribution in [0.2, 0.25) is 0 Å². The van der Waals surface area contributed by atoms with E-state index in [1.165, 1.54) is 34.8 Å². The molecule has 0 spiro atoms. The van der Waals surface area contributed by atoms with Crippen molar-refractivity contribution in [2.45, 2.75) is 45.2 Å². The summed E-state index contributed by atoms with van der Waals surface area (Å²) >= 11 is 0. The Labute approximate surface area is 199 Å². The highest BCUT2D eigenvalue weighted by Crippen LogP contribution is 2.17. The largest absolute Gasteiger partial charge is 0.467 e. The van der Waals surface area contributed by atoms with Crippen LogP contribution in [0.5, 0.6) is 0 Å². The molecule has 186 valence electrons. The number of carbonyl (C=O) groups is 3. The summed E-state index contributed by atoms with van der Waals surface area (Å²) in [5.41, 5.74) is 0.0860. The number of benzene rings is 1. The van der Waals surface area contributed by atoms with Crippen molar-refractivity contribution in [1.82, 2.24) is 14.9 Å². The Morgan fingerprint density at radius 2 is 1.79 bits per heavy atom. The first kappa shape index (κ1) is 27.1.